The molecule has 2 heteroatoms. The molecule has 2 aromatic rings. The molecule has 3 rings (SSSR count). The molecule has 1 aliphatic rings. The molecule has 0 bridgehead atoms. The second-order valence-electron chi connectivity index (χ2n) is 6.10. The standard InChI is InChI=1S/C20H24O2/c1-3-19-20(22-19)13-15(2)17-9-11-18(12-10-17)21-14-16-7-5-4-6-8-16/h4-12,15,19-20H,3,13-14H2,1-2H3. The van der Waals surface area contributed by atoms with E-state index in [1.54, 1.807) is 0 Å². The SMILES string of the molecule is CCC1OC1CC(C)c1ccc(OCc2ccccc2)cc1. The number of ether oxygens (including phenoxy) is 2. The van der Waals surface area contributed by atoms with Gasteiger partial charge in [-0.1, -0.05) is 56.3 Å². The van der Waals surface area contributed by atoms with E-state index < -0.39 is 0 Å². The van der Waals surface area contributed by atoms with Crippen molar-refractivity contribution in [3.63, 3.8) is 0 Å². The zero-order valence-corrected chi connectivity index (χ0v) is 13.4. The molecule has 3 unspecified atom stereocenters. The van der Waals surface area contributed by atoms with Gasteiger partial charge in [0.25, 0.3) is 0 Å². The molecule has 1 fully saturated rings. The van der Waals surface area contributed by atoms with Gasteiger partial charge >= 0.3 is 0 Å². The normalized spacial score (nSPS) is 21.4. The van der Waals surface area contributed by atoms with Gasteiger partial charge in [0.15, 0.2) is 0 Å². The predicted molar refractivity (Wildman–Crippen MR) is 89.2 cm³/mol. The van der Waals surface area contributed by atoms with Crippen molar-refractivity contribution in [2.45, 2.75) is 51.4 Å². The first-order chi connectivity index (χ1) is 10.8. The fourth-order valence-electron chi connectivity index (χ4n) is 2.86. The van der Waals surface area contributed by atoms with E-state index >= 15 is 0 Å². The van der Waals surface area contributed by atoms with Crippen LogP contribution in [0.25, 0.3) is 0 Å². The number of benzene rings is 2. The van der Waals surface area contributed by atoms with Crippen LogP contribution in [0.3, 0.4) is 0 Å². The van der Waals surface area contributed by atoms with Crippen LogP contribution >= 0.6 is 0 Å². The molecule has 22 heavy (non-hydrogen) atoms. The van der Waals surface area contributed by atoms with Gasteiger partial charge in [0.05, 0.1) is 12.2 Å². The number of rotatable bonds is 7. The third-order valence-corrected chi connectivity index (χ3v) is 4.37. The van der Waals surface area contributed by atoms with Crippen molar-refractivity contribution in [1.29, 1.82) is 0 Å². The lowest BCUT2D eigenvalue weighted by molar-refractivity contribution is 0.306. The van der Waals surface area contributed by atoms with E-state index in [9.17, 15) is 0 Å². The molecule has 3 atom stereocenters. The summed E-state index contributed by atoms with van der Waals surface area (Å²) in [6.45, 7) is 5.08. The first-order valence-electron chi connectivity index (χ1n) is 8.18. The molecule has 0 saturated carbocycles. The summed E-state index contributed by atoms with van der Waals surface area (Å²) in [5.74, 6) is 1.46. The Hall–Kier alpha value is -1.80. The maximum atomic E-state index is 5.83. The lowest BCUT2D eigenvalue weighted by Gasteiger charge is -2.12. The average molecular weight is 296 g/mol. The van der Waals surface area contributed by atoms with E-state index in [0.29, 0.717) is 24.7 Å². The van der Waals surface area contributed by atoms with Gasteiger partial charge in [-0.3, -0.25) is 0 Å². The van der Waals surface area contributed by atoms with Gasteiger partial charge < -0.3 is 9.47 Å². The minimum Gasteiger partial charge on any atom is -0.489 e. The van der Waals surface area contributed by atoms with Gasteiger partial charge in [0, 0.05) is 0 Å². The molecule has 0 amide bonds. The Balaban J connectivity index is 1.51. The van der Waals surface area contributed by atoms with E-state index in [1.807, 2.05) is 18.2 Å². The van der Waals surface area contributed by atoms with Crippen LogP contribution in [0, 0.1) is 0 Å². The lowest BCUT2D eigenvalue weighted by Crippen LogP contribution is -2.01. The Morgan fingerprint density at radius 3 is 2.36 bits per heavy atom. The third-order valence-electron chi connectivity index (χ3n) is 4.37. The molecule has 2 aromatic carbocycles. The highest BCUT2D eigenvalue weighted by Crippen LogP contribution is 2.34. The van der Waals surface area contributed by atoms with Gasteiger partial charge in [0.2, 0.25) is 0 Å². The van der Waals surface area contributed by atoms with E-state index in [1.165, 1.54) is 11.1 Å². The zero-order valence-electron chi connectivity index (χ0n) is 13.4. The molecule has 0 N–H and O–H groups in total. The third kappa shape index (κ3) is 3.89. The van der Waals surface area contributed by atoms with Crippen molar-refractivity contribution in [1.82, 2.24) is 0 Å². The summed E-state index contributed by atoms with van der Waals surface area (Å²) in [6.07, 6.45) is 3.21. The number of hydrogen-bond acceptors (Lipinski definition) is 2. The van der Waals surface area contributed by atoms with Crippen LogP contribution in [-0.2, 0) is 11.3 Å². The zero-order chi connectivity index (χ0) is 15.4. The van der Waals surface area contributed by atoms with Gasteiger partial charge in [0.1, 0.15) is 12.4 Å². The fraction of sp³-hybridized carbons (Fsp3) is 0.400. The van der Waals surface area contributed by atoms with Crippen LogP contribution in [-0.4, -0.2) is 12.2 Å². The highest BCUT2D eigenvalue weighted by atomic mass is 16.6. The van der Waals surface area contributed by atoms with Crippen molar-refractivity contribution in [2.75, 3.05) is 0 Å². The Bertz CT molecular complexity index is 576. The van der Waals surface area contributed by atoms with Crippen molar-refractivity contribution in [3.05, 3.63) is 65.7 Å². The highest BCUT2D eigenvalue weighted by Gasteiger charge is 2.37. The van der Waals surface area contributed by atoms with Crippen molar-refractivity contribution >= 4 is 0 Å². The number of epoxide rings is 1. The summed E-state index contributed by atoms with van der Waals surface area (Å²) in [6, 6.07) is 18.7. The average Bonchev–Trinajstić information content (AvgIpc) is 3.32. The van der Waals surface area contributed by atoms with Crippen molar-refractivity contribution < 1.29 is 9.47 Å². The molecular weight excluding hydrogens is 272 g/mol. The van der Waals surface area contributed by atoms with E-state index in [4.69, 9.17) is 9.47 Å². The lowest BCUT2D eigenvalue weighted by atomic mass is 9.95. The maximum Gasteiger partial charge on any atom is 0.119 e. The minimum absolute atomic E-state index is 0.467. The van der Waals surface area contributed by atoms with Crippen LogP contribution < -0.4 is 4.74 Å². The highest BCUT2D eigenvalue weighted by molar-refractivity contribution is 5.29. The summed E-state index contributed by atoms with van der Waals surface area (Å²) in [5.41, 5.74) is 2.55. The Kier molecular flexibility index (Phi) is 4.79. The summed E-state index contributed by atoms with van der Waals surface area (Å²) >= 11 is 0. The summed E-state index contributed by atoms with van der Waals surface area (Å²) < 4.78 is 11.5. The van der Waals surface area contributed by atoms with E-state index in [0.717, 1.165) is 18.6 Å². The molecule has 1 saturated heterocycles. The topological polar surface area (TPSA) is 21.8 Å². The molecule has 0 aromatic heterocycles. The summed E-state index contributed by atoms with van der Waals surface area (Å²) in [5, 5.41) is 0. The fourth-order valence-corrected chi connectivity index (χ4v) is 2.86. The quantitative estimate of drug-likeness (QED) is 0.675. The van der Waals surface area contributed by atoms with Crippen LogP contribution in [0.15, 0.2) is 54.6 Å². The largest absolute Gasteiger partial charge is 0.489 e. The van der Waals surface area contributed by atoms with E-state index in [2.05, 4.69) is 50.2 Å². The Morgan fingerprint density at radius 1 is 1.00 bits per heavy atom. The van der Waals surface area contributed by atoms with Gasteiger partial charge in [-0.15, -0.1) is 0 Å². The minimum atomic E-state index is 0.467. The Morgan fingerprint density at radius 2 is 1.73 bits per heavy atom. The molecule has 0 radical (unpaired) electrons. The Labute approximate surface area is 133 Å². The second-order valence-corrected chi connectivity index (χ2v) is 6.10. The van der Waals surface area contributed by atoms with Crippen LogP contribution in [0.5, 0.6) is 5.75 Å². The molecular formula is C20H24O2. The monoisotopic (exact) mass is 296 g/mol. The molecule has 1 heterocycles. The molecule has 2 nitrogen and oxygen atoms in total. The van der Waals surface area contributed by atoms with Crippen LogP contribution in [0.4, 0.5) is 0 Å². The molecule has 0 aliphatic carbocycles. The predicted octanol–water partition coefficient (Wildman–Crippen LogP) is 4.94. The van der Waals surface area contributed by atoms with Crippen molar-refractivity contribution in [2.24, 2.45) is 0 Å². The molecule has 116 valence electrons. The van der Waals surface area contributed by atoms with Crippen LogP contribution in [0.1, 0.15) is 43.7 Å². The summed E-state index contributed by atoms with van der Waals surface area (Å²) in [7, 11) is 0. The number of hydrogen-bond donors (Lipinski definition) is 0. The first kappa shape index (κ1) is 15.1. The second kappa shape index (κ2) is 6.97. The van der Waals surface area contributed by atoms with E-state index in [-0.39, 0.29) is 0 Å². The van der Waals surface area contributed by atoms with Gasteiger partial charge in [-0.2, -0.15) is 0 Å². The van der Waals surface area contributed by atoms with Crippen LogP contribution in [0.2, 0.25) is 0 Å². The first-order valence-corrected chi connectivity index (χ1v) is 8.18. The van der Waals surface area contributed by atoms with Gasteiger partial charge in [-0.25, -0.2) is 0 Å². The maximum absolute atomic E-state index is 5.83. The molecule has 0 spiro atoms. The van der Waals surface area contributed by atoms with Crippen molar-refractivity contribution in [3.8, 4) is 5.75 Å². The smallest absolute Gasteiger partial charge is 0.119 e. The van der Waals surface area contributed by atoms with Gasteiger partial charge in [-0.05, 0) is 42.0 Å². The molecule has 1 aliphatic heterocycles. The summed E-state index contributed by atoms with van der Waals surface area (Å²) in [4.78, 5) is 0.